The average molecular weight is 271 g/mol. The van der Waals surface area contributed by atoms with Crippen LogP contribution in [0.15, 0.2) is 0 Å². The number of rotatable bonds is 8. The zero-order valence-corrected chi connectivity index (χ0v) is 12.2. The van der Waals surface area contributed by atoms with E-state index in [0.717, 1.165) is 26.0 Å². The van der Waals surface area contributed by atoms with E-state index in [1.165, 1.54) is 25.7 Å². The van der Waals surface area contributed by atoms with Gasteiger partial charge in [-0.1, -0.05) is 19.8 Å². The minimum Gasteiger partial charge on any atom is -0.389 e. The van der Waals surface area contributed by atoms with Gasteiger partial charge >= 0.3 is 0 Å². The van der Waals surface area contributed by atoms with Gasteiger partial charge in [0.2, 0.25) is 0 Å². The van der Waals surface area contributed by atoms with Gasteiger partial charge in [0.1, 0.15) is 0 Å². The van der Waals surface area contributed by atoms with E-state index in [2.05, 4.69) is 12.2 Å². The third-order valence-electron chi connectivity index (χ3n) is 4.38. The molecule has 2 unspecified atom stereocenters. The normalized spacial score (nSPS) is 27.8. The standard InChI is InChI=1S/C15H29NO3/c1-15(6-2-3-7-15)12-16-9-13(17)10-18-11-14-5-4-8-19-14/h13-14,16-17H,2-12H2,1H3. The minimum atomic E-state index is -0.411. The van der Waals surface area contributed by atoms with Gasteiger partial charge in [0.25, 0.3) is 0 Å². The lowest BCUT2D eigenvalue weighted by Gasteiger charge is -2.24. The zero-order chi connectivity index (χ0) is 13.6. The van der Waals surface area contributed by atoms with E-state index >= 15 is 0 Å². The number of aliphatic hydroxyl groups is 1. The van der Waals surface area contributed by atoms with Gasteiger partial charge in [-0.05, 0) is 31.1 Å². The summed E-state index contributed by atoms with van der Waals surface area (Å²) in [5.74, 6) is 0. The Kier molecular flexibility index (Phi) is 6.07. The van der Waals surface area contributed by atoms with Crippen LogP contribution >= 0.6 is 0 Å². The molecule has 0 aromatic heterocycles. The molecule has 2 fully saturated rings. The Morgan fingerprint density at radius 3 is 2.84 bits per heavy atom. The maximum absolute atomic E-state index is 9.85. The number of hydrogen-bond acceptors (Lipinski definition) is 4. The van der Waals surface area contributed by atoms with Crippen LogP contribution in [-0.2, 0) is 9.47 Å². The van der Waals surface area contributed by atoms with Crippen molar-refractivity contribution in [3.8, 4) is 0 Å². The number of nitrogens with one attached hydrogen (secondary N) is 1. The highest BCUT2D eigenvalue weighted by Gasteiger charge is 2.28. The molecule has 1 aliphatic carbocycles. The fourth-order valence-corrected chi connectivity index (χ4v) is 3.12. The van der Waals surface area contributed by atoms with E-state index in [0.29, 0.717) is 25.2 Å². The first kappa shape index (κ1) is 15.2. The Labute approximate surface area is 116 Å². The molecular formula is C15H29NO3. The molecule has 0 amide bonds. The van der Waals surface area contributed by atoms with E-state index in [4.69, 9.17) is 9.47 Å². The summed E-state index contributed by atoms with van der Waals surface area (Å²) in [6.07, 6.45) is 7.39. The monoisotopic (exact) mass is 271 g/mol. The Morgan fingerprint density at radius 1 is 1.37 bits per heavy atom. The minimum absolute atomic E-state index is 0.248. The third-order valence-corrected chi connectivity index (χ3v) is 4.38. The Bertz CT molecular complexity index is 248. The largest absolute Gasteiger partial charge is 0.389 e. The van der Waals surface area contributed by atoms with Crippen LogP contribution in [0.1, 0.15) is 45.4 Å². The lowest BCUT2D eigenvalue weighted by Crippen LogP contribution is -2.37. The smallest absolute Gasteiger partial charge is 0.0897 e. The van der Waals surface area contributed by atoms with Crippen molar-refractivity contribution in [2.75, 3.05) is 32.9 Å². The van der Waals surface area contributed by atoms with Gasteiger partial charge in [-0.25, -0.2) is 0 Å². The second kappa shape index (κ2) is 7.58. The molecule has 0 aromatic carbocycles. The second-order valence-electron chi connectivity index (χ2n) is 6.47. The molecule has 1 saturated carbocycles. The highest BCUT2D eigenvalue weighted by Crippen LogP contribution is 2.36. The first-order valence-electron chi connectivity index (χ1n) is 7.76. The molecule has 19 heavy (non-hydrogen) atoms. The van der Waals surface area contributed by atoms with Crippen molar-refractivity contribution in [3.63, 3.8) is 0 Å². The van der Waals surface area contributed by atoms with Crippen molar-refractivity contribution in [3.05, 3.63) is 0 Å². The third kappa shape index (κ3) is 5.38. The van der Waals surface area contributed by atoms with E-state index in [-0.39, 0.29) is 6.10 Å². The molecule has 2 rings (SSSR count). The predicted octanol–water partition coefficient (Wildman–Crippen LogP) is 1.71. The highest BCUT2D eigenvalue weighted by atomic mass is 16.5. The maximum atomic E-state index is 9.85. The van der Waals surface area contributed by atoms with Gasteiger partial charge in [-0.3, -0.25) is 0 Å². The predicted molar refractivity (Wildman–Crippen MR) is 75.2 cm³/mol. The van der Waals surface area contributed by atoms with Crippen molar-refractivity contribution in [2.45, 2.75) is 57.7 Å². The van der Waals surface area contributed by atoms with Crippen molar-refractivity contribution in [1.82, 2.24) is 5.32 Å². The molecule has 2 N–H and O–H groups in total. The van der Waals surface area contributed by atoms with Crippen LogP contribution in [0.25, 0.3) is 0 Å². The fourth-order valence-electron chi connectivity index (χ4n) is 3.12. The number of aliphatic hydroxyl groups excluding tert-OH is 1. The summed E-state index contributed by atoms with van der Waals surface area (Å²) >= 11 is 0. The van der Waals surface area contributed by atoms with E-state index in [9.17, 15) is 5.11 Å². The maximum Gasteiger partial charge on any atom is 0.0897 e. The first-order chi connectivity index (χ1) is 9.18. The summed E-state index contributed by atoms with van der Waals surface area (Å²) in [4.78, 5) is 0. The van der Waals surface area contributed by atoms with Crippen molar-refractivity contribution in [1.29, 1.82) is 0 Å². The van der Waals surface area contributed by atoms with Crippen LogP contribution in [0.5, 0.6) is 0 Å². The Balaban J connectivity index is 1.48. The molecule has 1 heterocycles. The second-order valence-corrected chi connectivity index (χ2v) is 6.47. The molecule has 1 saturated heterocycles. The zero-order valence-electron chi connectivity index (χ0n) is 12.2. The van der Waals surface area contributed by atoms with Crippen molar-refractivity contribution < 1.29 is 14.6 Å². The van der Waals surface area contributed by atoms with Gasteiger partial charge in [-0.2, -0.15) is 0 Å². The lowest BCUT2D eigenvalue weighted by molar-refractivity contribution is -0.0168. The van der Waals surface area contributed by atoms with Crippen LogP contribution in [0, 0.1) is 5.41 Å². The van der Waals surface area contributed by atoms with Crippen molar-refractivity contribution in [2.24, 2.45) is 5.41 Å². The summed E-state index contributed by atoms with van der Waals surface area (Å²) in [5.41, 5.74) is 0.443. The van der Waals surface area contributed by atoms with E-state index in [1.807, 2.05) is 0 Å². The molecular weight excluding hydrogens is 242 g/mol. The van der Waals surface area contributed by atoms with Crippen LogP contribution in [0.2, 0.25) is 0 Å². The number of ether oxygens (including phenoxy) is 2. The quantitative estimate of drug-likeness (QED) is 0.706. The molecule has 112 valence electrons. The number of hydrogen-bond donors (Lipinski definition) is 2. The SMILES string of the molecule is CC1(CNCC(O)COCC2CCCO2)CCCC1. The summed E-state index contributed by atoms with van der Waals surface area (Å²) < 4.78 is 11.0. The van der Waals surface area contributed by atoms with Gasteiger partial charge in [0, 0.05) is 19.7 Å². The first-order valence-corrected chi connectivity index (χ1v) is 7.76. The summed E-state index contributed by atoms with van der Waals surface area (Å²) in [6.45, 7) is 5.86. The van der Waals surface area contributed by atoms with Crippen LogP contribution < -0.4 is 5.32 Å². The topological polar surface area (TPSA) is 50.7 Å². The molecule has 0 bridgehead atoms. The van der Waals surface area contributed by atoms with Crippen LogP contribution in [0.3, 0.4) is 0 Å². The molecule has 4 heteroatoms. The molecule has 2 atom stereocenters. The lowest BCUT2D eigenvalue weighted by atomic mass is 9.89. The van der Waals surface area contributed by atoms with Gasteiger partial charge in [-0.15, -0.1) is 0 Å². The van der Waals surface area contributed by atoms with Gasteiger partial charge < -0.3 is 19.9 Å². The van der Waals surface area contributed by atoms with E-state index in [1.54, 1.807) is 0 Å². The molecule has 1 aliphatic heterocycles. The van der Waals surface area contributed by atoms with Gasteiger partial charge in [0.05, 0.1) is 25.4 Å². The van der Waals surface area contributed by atoms with Crippen LogP contribution in [0.4, 0.5) is 0 Å². The Morgan fingerprint density at radius 2 is 2.16 bits per heavy atom. The molecule has 2 aliphatic rings. The fraction of sp³-hybridized carbons (Fsp3) is 1.00. The summed E-state index contributed by atoms with van der Waals surface area (Å²) in [6, 6.07) is 0. The van der Waals surface area contributed by atoms with Crippen LogP contribution in [-0.4, -0.2) is 50.2 Å². The van der Waals surface area contributed by atoms with Crippen molar-refractivity contribution >= 4 is 0 Å². The summed E-state index contributed by atoms with van der Waals surface area (Å²) in [5, 5.41) is 13.2. The van der Waals surface area contributed by atoms with E-state index < -0.39 is 6.10 Å². The molecule has 0 radical (unpaired) electrons. The molecule has 4 nitrogen and oxygen atoms in total. The highest BCUT2D eigenvalue weighted by molar-refractivity contribution is 4.82. The summed E-state index contributed by atoms with van der Waals surface area (Å²) in [7, 11) is 0. The van der Waals surface area contributed by atoms with Gasteiger partial charge in [0.15, 0.2) is 0 Å². The Hall–Kier alpha value is -0.160. The average Bonchev–Trinajstić information content (AvgIpc) is 3.01. The molecule has 0 spiro atoms. The molecule has 0 aromatic rings.